The Morgan fingerprint density at radius 3 is 1.50 bits per heavy atom. The zero-order chi connectivity index (χ0) is 11.4. The van der Waals surface area contributed by atoms with Crippen LogP contribution in [0, 0.1) is 0 Å². The Kier molecular flexibility index (Phi) is 6.42. The molecule has 0 heterocycles. The Bertz CT molecular complexity index is 171. The van der Waals surface area contributed by atoms with Gasteiger partial charge >= 0.3 is 0 Å². The second kappa shape index (κ2) is 6.19. The van der Waals surface area contributed by atoms with Crippen LogP contribution < -0.4 is 10.2 Å². The van der Waals surface area contributed by atoms with Crippen LogP contribution in [-0.2, 0) is 11.8 Å². The molecule has 0 fully saturated rings. The van der Waals surface area contributed by atoms with Gasteiger partial charge in [0.05, 0.1) is 0 Å². The molecule has 86 valence electrons. The van der Waals surface area contributed by atoms with Gasteiger partial charge in [0.25, 0.3) is 0 Å². The first-order chi connectivity index (χ1) is 6.25. The molecule has 5 heteroatoms. The monoisotopic (exact) mass is 236 g/mol. The fourth-order valence-corrected chi connectivity index (χ4v) is 5.22. The fraction of sp³-hybridized carbons (Fsp3) is 1.00. The molecule has 0 unspecified atom stereocenters. The van der Waals surface area contributed by atoms with Crippen LogP contribution in [0.25, 0.3) is 5.09 Å². The van der Waals surface area contributed by atoms with E-state index in [2.05, 4.69) is 56.8 Å². The van der Waals surface area contributed by atoms with Crippen LogP contribution in [0.4, 0.5) is 0 Å². The van der Waals surface area contributed by atoms with Crippen molar-refractivity contribution in [1.82, 2.24) is 10.2 Å². The summed E-state index contributed by atoms with van der Waals surface area (Å²) in [4.78, 5) is 0. The van der Waals surface area contributed by atoms with Crippen molar-refractivity contribution in [2.24, 2.45) is 0 Å². The predicted octanol–water partition coefficient (Wildman–Crippen LogP) is 2.99. The Morgan fingerprint density at radius 2 is 1.29 bits per heavy atom. The van der Waals surface area contributed by atoms with Crippen LogP contribution in [-0.4, -0.2) is 18.1 Å². The average Bonchev–Trinajstić information content (AvgIpc) is 1.76. The van der Waals surface area contributed by atoms with Gasteiger partial charge in [-0.2, -0.15) is 0 Å². The van der Waals surface area contributed by atoms with Crippen molar-refractivity contribution in [1.29, 1.82) is 0 Å². The highest BCUT2D eigenvalue weighted by Crippen LogP contribution is 2.46. The normalized spacial score (nSPS) is 13.2. The standard InChI is InChI=1S/C9H23N3PS/c1-7(2)10-13(14,11-8(3)4)12-9(5)6/h7-9H,1-6H3,(H2-,10,11,12,14)/q-1. The molecule has 0 aromatic carbocycles. The van der Waals surface area contributed by atoms with Gasteiger partial charge in [-0.1, -0.05) is 25.7 Å². The summed E-state index contributed by atoms with van der Waals surface area (Å²) in [5.41, 5.74) is 0. The zero-order valence-electron chi connectivity index (χ0n) is 10.0. The number of nitrogens with zero attached hydrogens (tertiary/aromatic N) is 1. The highest BCUT2D eigenvalue weighted by molar-refractivity contribution is 8.14. The van der Waals surface area contributed by atoms with Crippen molar-refractivity contribution in [3.8, 4) is 0 Å². The summed E-state index contributed by atoms with van der Waals surface area (Å²) in [5.74, 6) is 0. The molecule has 0 aliphatic rings. The molecule has 0 amide bonds. The lowest BCUT2D eigenvalue weighted by Crippen LogP contribution is -2.31. The van der Waals surface area contributed by atoms with Crippen LogP contribution in [0.3, 0.4) is 0 Å². The minimum Gasteiger partial charge on any atom is -0.600 e. The van der Waals surface area contributed by atoms with Gasteiger partial charge in [-0.3, -0.25) is 10.2 Å². The molecule has 14 heavy (non-hydrogen) atoms. The van der Waals surface area contributed by atoms with E-state index >= 15 is 0 Å². The molecule has 0 aromatic heterocycles. The first kappa shape index (κ1) is 14.5. The van der Waals surface area contributed by atoms with Crippen molar-refractivity contribution < 1.29 is 0 Å². The lowest BCUT2D eigenvalue weighted by atomic mass is 10.4. The molecular formula is C9H23N3PS-. The molecule has 0 rings (SSSR count). The molecule has 0 atom stereocenters. The van der Waals surface area contributed by atoms with Crippen molar-refractivity contribution in [3.63, 3.8) is 0 Å². The van der Waals surface area contributed by atoms with E-state index in [9.17, 15) is 0 Å². The van der Waals surface area contributed by atoms with Gasteiger partial charge in [0.1, 0.15) is 0 Å². The summed E-state index contributed by atoms with van der Waals surface area (Å²) in [6.07, 6.45) is 0. The molecule has 0 saturated heterocycles. The van der Waals surface area contributed by atoms with E-state index in [1.807, 2.05) is 0 Å². The van der Waals surface area contributed by atoms with Gasteiger partial charge < -0.3 is 5.09 Å². The third kappa shape index (κ3) is 6.91. The smallest absolute Gasteiger partial charge is 0.00500 e. The summed E-state index contributed by atoms with van der Waals surface area (Å²) in [5, 5.41) is 11.3. The minimum absolute atomic E-state index is 0.276. The van der Waals surface area contributed by atoms with Crippen LogP contribution in [0.1, 0.15) is 41.5 Å². The Balaban J connectivity index is 4.41. The van der Waals surface area contributed by atoms with Gasteiger partial charge in [0, 0.05) is 12.1 Å². The van der Waals surface area contributed by atoms with E-state index < -0.39 is 6.49 Å². The van der Waals surface area contributed by atoms with E-state index in [0.717, 1.165) is 0 Å². The number of hydrogen-bond acceptors (Lipinski definition) is 1. The quantitative estimate of drug-likeness (QED) is 0.696. The summed E-state index contributed by atoms with van der Waals surface area (Å²) in [7, 11) is 0. The number of nitrogens with one attached hydrogen (secondary N) is 2. The fourth-order valence-electron chi connectivity index (χ4n) is 1.13. The van der Waals surface area contributed by atoms with Gasteiger partial charge in [-0.05, 0) is 34.2 Å². The topological polar surface area (TPSA) is 38.2 Å². The first-order valence-corrected chi connectivity index (χ1v) is 7.88. The number of rotatable bonds is 6. The van der Waals surface area contributed by atoms with Crippen molar-refractivity contribution in [2.75, 3.05) is 0 Å². The first-order valence-electron chi connectivity index (χ1n) is 5.13. The summed E-state index contributed by atoms with van der Waals surface area (Å²) >= 11 is 5.55. The van der Waals surface area contributed by atoms with E-state index in [1.54, 1.807) is 0 Å². The summed E-state index contributed by atoms with van der Waals surface area (Å²) in [6, 6.07) is 1.02. The van der Waals surface area contributed by atoms with Gasteiger partial charge in [0.15, 0.2) is 0 Å². The maximum atomic E-state index is 5.55. The van der Waals surface area contributed by atoms with Crippen molar-refractivity contribution in [2.45, 2.75) is 59.7 Å². The molecule has 0 aliphatic carbocycles. The van der Waals surface area contributed by atoms with Gasteiger partial charge in [-0.25, -0.2) is 0 Å². The Morgan fingerprint density at radius 1 is 0.929 bits per heavy atom. The van der Waals surface area contributed by atoms with E-state index in [-0.39, 0.29) is 6.04 Å². The average molecular weight is 236 g/mol. The Hall–Kier alpha value is 0.530. The second-order valence-electron chi connectivity index (χ2n) is 4.35. The SMILES string of the molecule is CC(C)[N-]P(=S)(NC(C)C)NC(C)C. The molecule has 0 bridgehead atoms. The molecule has 3 nitrogen and oxygen atoms in total. The molecule has 0 aliphatic heterocycles. The molecular weight excluding hydrogens is 213 g/mol. The lowest BCUT2D eigenvalue weighted by Gasteiger charge is -2.43. The minimum atomic E-state index is -1.93. The lowest BCUT2D eigenvalue weighted by molar-refractivity contribution is 0.710. The van der Waals surface area contributed by atoms with E-state index in [4.69, 9.17) is 11.8 Å². The highest BCUT2D eigenvalue weighted by Gasteiger charge is 2.09. The largest absolute Gasteiger partial charge is 0.600 e. The second-order valence-corrected chi connectivity index (χ2v) is 7.84. The van der Waals surface area contributed by atoms with Crippen molar-refractivity contribution >= 4 is 18.3 Å². The molecule has 0 spiro atoms. The highest BCUT2D eigenvalue weighted by atomic mass is 32.4. The van der Waals surface area contributed by atoms with Crippen LogP contribution >= 0.6 is 6.49 Å². The van der Waals surface area contributed by atoms with E-state index in [0.29, 0.717) is 12.1 Å². The van der Waals surface area contributed by atoms with Crippen LogP contribution in [0.15, 0.2) is 0 Å². The van der Waals surface area contributed by atoms with E-state index in [1.165, 1.54) is 0 Å². The third-order valence-corrected chi connectivity index (χ3v) is 4.70. The zero-order valence-corrected chi connectivity index (χ0v) is 11.7. The Labute approximate surface area is 93.6 Å². The number of hydrogen-bond donors (Lipinski definition) is 2. The molecule has 2 N–H and O–H groups in total. The maximum Gasteiger partial charge on any atom is 0.00500 e. The predicted molar refractivity (Wildman–Crippen MR) is 69.3 cm³/mol. The maximum absolute atomic E-state index is 5.55. The molecule has 0 radical (unpaired) electrons. The molecule has 0 saturated carbocycles. The van der Waals surface area contributed by atoms with Crippen molar-refractivity contribution in [3.05, 3.63) is 5.09 Å². The molecule has 0 aromatic rings. The van der Waals surface area contributed by atoms with Crippen LogP contribution in [0.5, 0.6) is 0 Å². The van der Waals surface area contributed by atoms with Crippen LogP contribution in [0.2, 0.25) is 0 Å². The van der Waals surface area contributed by atoms with Gasteiger partial charge in [-0.15, -0.1) is 6.04 Å². The summed E-state index contributed by atoms with van der Waals surface area (Å²) < 4.78 is 0. The summed E-state index contributed by atoms with van der Waals surface area (Å²) in [6.45, 7) is 10.6. The van der Waals surface area contributed by atoms with Gasteiger partial charge in [0.2, 0.25) is 0 Å². The third-order valence-electron chi connectivity index (χ3n) is 1.26.